The molecule has 0 aliphatic carbocycles. The van der Waals surface area contributed by atoms with E-state index in [4.69, 9.17) is 0 Å². The number of hydrogen-bond donors (Lipinski definition) is 0. The number of imidazole rings is 1. The zero-order valence-corrected chi connectivity index (χ0v) is 11.6. The van der Waals surface area contributed by atoms with E-state index in [0.717, 1.165) is 18.3 Å². The first-order valence-corrected chi connectivity index (χ1v) is 6.72. The predicted octanol–water partition coefficient (Wildman–Crippen LogP) is 2.84. The Kier molecular flexibility index (Phi) is 3.57. The SMILES string of the molecule is Cc1cn(CCC2CCCN2C(C)(C)C)cn1. The summed E-state index contributed by atoms with van der Waals surface area (Å²) in [6, 6.07) is 0.748. The largest absolute Gasteiger partial charge is 0.337 e. The maximum absolute atomic E-state index is 4.28. The fourth-order valence-corrected chi connectivity index (χ4v) is 2.91. The van der Waals surface area contributed by atoms with Gasteiger partial charge in [-0.2, -0.15) is 0 Å². The zero-order valence-electron chi connectivity index (χ0n) is 11.6. The van der Waals surface area contributed by atoms with Crippen molar-refractivity contribution in [1.82, 2.24) is 14.5 Å². The molecule has 1 atom stereocenters. The van der Waals surface area contributed by atoms with Gasteiger partial charge in [0, 0.05) is 24.3 Å². The van der Waals surface area contributed by atoms with E-state index in [9.17, 15) is 0 Å². The van der Waals surface area contributed by atoms with Gasteiger partial charge in [-0.15, -0.1) is 0 Å². The maximum Gasteiger partial charge on any atom is 0.0949 e. The van der Waals surface area contributed by atoms with Crippen molar-refractivity contribution in [3.05, 3.63) is 18.2 Å². The average Bonchev–Trinajstić information content (AvgIpc) is 2.81. The highest BCUT2D eigenvalue weighted by Gasteiger charge is 2.32. The molecule has 1 aromatic heterocycles. The Bertz CT molecular complexity index is 362. The molecular weight excluding hydrogens is 210 g/mol. The molecule has 2 heterocycles. The van der Waals surface area contributed by atoms with Crippen LogP contribution in [0.4, 0.5) is 0 Å². The minimum atomic E-state index is 0.312. The van der Waals surface area contributed by atoms with Crippen molar-refractivity contribution >= 4 is 0 Å². The van der Waals surface area contributed by atoms with E-state index < -0.39 is 0 Å². The van der Waals surface area contributed by atoms with Crippen LogP contribution in [0.2, 0.25) is 0 Å². The third-order valence-electron chi connectivity index (χ3n) is 3.72. The first-order chi connectivity index (χ1) is 7.97. The van der Waals surface area contributed by atoms with E-state index >= 15 is 0 Å². The Morgan fingerprint density at radius 3 is 2.76 bits per heavy atom. The van der Waals surface area contributed by atoms with Crippen molar-refractivity contribution in [2.75, 3.05) is 6.54 Å². The van der Waals surface area contributed by atoms with Gasteiger partial charge in [-0.1, -0.05) is 0 Å². The van der Waals surface area contributed by atoms with Crippen molar-refractivity contribution in [3.63, 3.8) is 0 Å². The van der Waals surface area contributed by atoms with E-state index in [1.165, 1.54) is 25.8 Å². The van der Waals surface area contributed by atoms with Gasteiger partial charge in [-0.05, 0) is 53.5 Å². The van der Waals surface area contributed by atoms with Crippen LogP contribution >= 0.6 is 0 Å². The van der Waals surface area contributed by atoms with E-state index in [0.29, 0.717) is 5.54 Å². The summed E-state index contributed by atoms with van der Waals surface area (Å²) in [5, 5.41) is 0. The monoisotopic (exact) mass is 235 g/mol. The number of aromatic nitrogens is 2. The Morgan fingerprint density at radius 2 is 2.18 bits per heavy atom. The number of aryl methyl sites for hydroxylation is 2. The molecule has 1 aliphatic heterocycles. The minimum absolute atomic E-state index is 0.312. The lowest BCUT2D eigenvalue weighted by molar-refractivity contribution is 0.113. The molecule has 1 aromatic rings. The predicted molar refractivity (Wildman–Crippen MR) is 71.1 cm³/mol. The summed E-state index contributed by atoms with van der Waals surface area (Å²) in [4.78, 5) is 6.94. The average molecular weight is 235 g/mol. The van der Waals surface area contributed by atoms with Crippen LogP contribution in [-0.2, 0) is 6.54 Å². The molecule has 0 radical (unpaired) electrons. The molecule has 0 bridgehead atoms. The fraction of sp³-hybridized carbons (Fsp3) is 0.786. The van der Waals surface area contributed by atoms with Gasteiger partial charge in [-0.25, -0.2) is 4.98 Å². The van der Waals surface area contributed by atoms with Crippen LogP contribution in [0.25, 0.3) is 0 Å². The van der Waals surface area contributed by atoms with Crippen LogP contribution in [0.5, 0.6) is 0 Å². The molecule has 1 unspecified atom stereocenters. The summed E-state index contributed by atoms with van der Waals surface area (Å²) in [5.74, 6) is 0. The highest BCUT2D eigenvalue weighted by Crippen LogP contribution is 2.28. The van der Waals surface area contributed by atoms with Gasteiger partial charge in [0.1, 0.15) is 0 Å². The third kappa shape index (κ3) is 3.09. The Morgan fingerprint density at radius 1 is 1.41 bits per heavy atom. The molecule has 0 spiro atoms. The molecule has 3 nitrogen and oxygen atoms in total. The quantitative estimate of drug-likeness (QED) is 0.803. The Balaban J connectivity index is 1.90. The molecule has 17 heavy (non-hydrogen) atoms. The molecular formula is C14H25N3. The molecule has 96 valence electrons. The first-order valence-electron chi connectivity index (χ1n) is 6.72. The lowest BCUT2D eigenvalue weighted by Crippen LogP contribution is -2.44. The summed E-state index contributed by atoms with van der Waals surface area (Å²) >= 11 is 0. The normalized spacial score (nSPS) is 22.2. The number of hydrogen-bond acceptors (Lipinski definition) is 2. The topological polar surface area (TPSA) is 21.1 Å². The summed E-state index contributed by atoms with van der Waals surface area (Å²) in [6.07, 6.45) is 8.03. The molecule has 0 aromatic carbocycles. The van der Waals surface area contributed by atoms with Crippen molar-refractivity contribution in [3.8, 4) is 0 Å². The van der Waals surface area contributed by atoms with Gasteiger partial charge < -0.3 is 4.57 Å². The Labute approximate surface area is 105 Å². The lowest BCUT2D eigenvalue weighted by Gasteiger charge is -2.37. The van der Waals surface area contributed by atoms with Crippen molar-refractivity contribution in [2.24, 2.45) is 0 Å². The fourth-order valence-electron chi connectivity index (χ4n) is 2.91. The molecule has 1 fully saturated rings. The number of nitrogens with zero attached hydrogens (tertiary/aromatic N) is 3. The van der Waals surface area contributed by atoms with Crippen LogP contribution in [0.15, 0.2) is 12.5 Å². The molecule has 1 saturated heterocycles. The van der Waals surface area contributed by atoms with Crippen LogP contribution in [-0.4, -0.2) is 32.6 Å². The van der Waals surface area contributed by atoms with Gasteiger partial charge in [0.05, 0.1) is 12.0 Å². The second-order valence-corrected chi connectivity index (χ2v) is 6.20. The molecule has 3 heteroatoms. The molecule has 2 rings (SSSR count). The van der Waals surface area contributed by atoms with Crippen LogP contribution in [0.1, 0.15) is 45.7 Å². The number of rotatable bonds is 3. The summed E-state index contributed by atoms with van der Waals surface area (Å²) < 4.78 is 2.22. The first kappa shape index (κ1) is 12.6. The maximum atomic E-state index is 4.28. The highest BCUT2D eigenvalue weighted by molar-refractivity contribution is 4.93. The Hall–Kier alpha value is -0.830. The summed E-state index contributed by atoms with van der Waals surface area (Å²) in [6.45, 7) is 11.4. The van der Waals surface area contributed by atoms with Crippen LogP contribution in [0.3, 0.4) is 0 Å². The van der Waals surface area contributed by atoms with E-state index in [-0.39, 0.29) is 0 Å². The molecule has 0 amide bonds. The van der Waals surface area contributed by atoms with Crippen molar-refractivity contribution in [1.29, 1.82) is 0 Å². The van der Waals surface area contributed by atoms with E-state index in [2.05, 4.69) is 41.4 Å². The van der Waals surface area contributed by atoms with Gasteiger partial charge in [0.15, 0.2) is 0 Å². The van der Waals surface area contributed by atoms with E-state index in [1.54, 1.807) is 0 Å². The van der Waals surface area contributed by atoms with Gasteiger partial charge in [0.25, 0.3) is 0 Å². The van der Waals surface area contributed by atoms with Crippen LogP contribution in [0, 0.1) is 6.92 Å². The van der Waals surface area contributed by atoms with Crippen molar-refractivity contribution < 1.29 is 0 Å². The second kappa shape index (κ2) is 4.81. The van der Waals surface area contributed by atoms with Gasteiger partial charge in [0.2, 0.25) is 0 Å². The molecule has 1 aliphatic rings. The standard InChI is InChI=1S/C14H25N3/c1-12-10-16(11-15-12)9-7-13-6-5-8-17(13)14(2,3)4/h10-11,13H,5-9H2,1-4H3. The van der Waals surface area contributed by atoms with Crippen molar-refractivity contribution in [2.45, 2.75) is 65.1 Å². The van der Waals surface area contributed by atoms with Gasteiger partial charge in [-0.3, -0.25) is 4.90 Å². The highest BCUT2D eigenvalue weighted by atomic mass is 15.2. The van der Waals surface area contributed by atoms with Gasteiger partial charge >= 0.3 is 0 Å². The second-order valence-electron chi connectivity index (χ2n) is 6.20. The molecule has 0 saturated carbocycles. The van der Waals surface area contributed by atoms with E-state index in [1.807, 2.05) is 13.3 Å². The molecule has 0 N–H and O–H groups in total. The smallest absolute Gasteiger partial charge is 0.0949 e. The third-order valence-corrected chi connectivity index (χ3v) is 3.72. The number of likely N-dealkylation sites (tertiary alicyclic amines) is 1. The summed E-state index contributed by atoms with van der Waals surface area (Å²) in [7, 11) is 0. The summed E-state index contributed by atoms with van der Waals surface area (Å²) in [5.41, 5.74) is 1.43. The zero-order chi connectivity index (χ0) is 12.5. The lowest BCUT2D eigenvalue weighted by atomic mass is 10.0. The minimum Gasteiger partial charge on any atom is -0.337 e. The van der Waals surface area contributed by atoms with Crippen LogP contribution < -0.4 is 0 Å².